The van der Waals surface area contributed by atoms with E-state index in [1.54, 1.807) is 31.2 Å². The van der Waals surface area contributed by atoms with Gasteiger partial charge in [-0.1, -0.05) is 30.3 Å². The van der Waals surface area contributed by atoms with E-state index in [-0.39, 0.29) is 0 Å². The molecule has 134 valence electrons. The van der Waals surface area contributed by atoms with Crippen molar-refractivity contribution in [2.24, 2.45) is 0 Å². The Morgan fingerprint density at radius 2 is 1.92 bits per heavy atom. The smallest absolute Gasteiger partial charge is 0.318 e. The molecular formula is C19H19N3O3S. The first-order valence-electron chi connectivity index (χ1n) is 8.64. The van der Waals surface area contributed by atoms with Crippen LogP contribution in [-0.2, 0) is 23.2 Å². The number of urea groups is 1. The first-order chi connectivity index (χ1) is 12.5. The summed E-state index contributed by atoms with van der Waals surface area (Å²) >= 11 is 1.44. The van der Waals surface area contributed by atoms with Crippen LogP contribution in [0, 0.1) is 0 Å². The van der Waals surface area contributed by atoms with Gasteiger partial charge in [-0.15, -0.1) is 11.3 Å². The van der Waals surface area contributed by atoms with E-state index in [0.29, 0.717) is 10.4 Å². The van der Waals surface area contributed by atoms with Crippen LogP contribution in [-0.4, -0.2) is 22.9 Å². The van der Waals surface area contributed by atoms with Gasteiger partial charge < -0.3 is 5.32 Å². The third-order valence-electron chi connectivity index (χ3n) is 4.98. The normalized spacial score (nSPS) is 22.1. The number of hydrazine groups is 1. The number of nitrogens with one attached hydrogen (secondary N) is 2. The molecule has 2 heterocycles. The lowest BCUT2D eigenvalue weighted by molar-refractivity contribution is -0.132. The van der Waals surface area contributed by atoms with Crippen LogP contribution in [0.25, 0.3) is 0 Å². The van der Waals surface area contributed by atoms with Gasteiger partial charge in [-0.2, -0.15) is 5.01 Å². The quantitative estimate of drug-likeness (QED) is 0.817. The Morgan fingerprint density at radius 3 is 2.65 bits per heavy atom. The lowest BCUT2D eigenvalue weighted by atomic mass is 9.92. The minimum atomic E-state index is -1.19. The molecular weight excluding hydrogens is 350 g/mol. The number of nitrogens with zero attached hydrogens (tertiary/aromatic N) is 1. The number of thiophene rings is 1. The Kier molecular flexibility index (Phi) is 4.03. The molecule has 7 heteroatoms. The van der Waals surface area contributed by atoms with E-state index in [4.69, 9.17) is 0 Å². The summed E-state index contributed by atoms with van der Waals surface area (Å²) in [6.45, 7) is 1.64. The summed E-state index contributed by atoms with van der Waals surface area (Å²) in [4.78, 5) is 39.5. The molecule has 1 aliphatic carbocycles. The van der Waals surface area contributed by atoms with Crippen molar-refractivity contribution < 1.29 is 14.4 Å². The van der Waals surface area contributed by atoms with Crippen molar-refractivity contribution in [3.05, 3.63) is 57.3 Å². The maximum atomic E-state index is 12.8. The monoisotopic (exact) mass is 369 g/mol. The molecule has 2 aromatic rings. The van der Waals surface area contributed by atoms with Crippen molar-refractivity contribution in [3.63, 3.8) is 0 Å². The summed E-state index contributed by atoms with van der Waals surface area (Å²) < 4.78 is 0. The molecule has 6 nitrogen and oxygen atoms in total. The van der Waals surface area contributed by atoms with E-state index in [1.165, 1.54) is 21.8 Å². The topological polar surface area (TPSA) is 78.5 Å². The van der Waals surface area contributed by atoms with E-state index >= 15 is 0 Å². The molecule has 1 aromatic heterocycles. The van der Waals surface area contributed by atoms with Crippen LogP contribution >= 0.6 is 11.3 Å². The highest BCUT2D eigenvalue weighted by molar-refractivity contribution is 7.14. The molecule has 2 N–H and O–H groups in total. The average Bonchev–Trinajstić information content (AvgIpc) is 3.18. The first kappa shape index (κ1) is 16.8. The number of rotatable bonds is 3. The number of benzene rings is 1. The van der Waals surface area contributed by atoms with Gasteiger partial charge in [0.15, 0.2) is 0 Å². The minimum absolute atomic E-state index is 0.426. The molecule has 4 amide bonds. The second-order valence-corrected chi connectivity index (χ2v) is 7.91. The first-order valence-corrected chi connectivity index (χ1v) is 9.45. The minimum Gasteiger partial charge on any atom is -0.318 e. The molecule has 0 saturated carbocycles. The number of hydrogen-bond acceptors (Lipinski definition) is 4. The van der Waals surface area contributed by atoms with Gasteiger partial charge in [0.2, 0.25) is 0 Å². The molecule has 0 spiro atoms. The molecule has 1 aliphatic heterocycles. The van der Waals surface area contributed by atoms with Crippen molar-refractivity contribution in [1.82, 2.24) is 15.8 Å². The van der Waals surface area contributed by atoms with Crippen molar-refractivity contribution in [2.75, 3.05) is 0 Å². The number of carbonyl (C=O) groups is 3. The number of imide groups is 1. The van der Waals surface area contributed by atoms with Gasteiger partial charge in [-0.3, -0.25) is 15.0 Å². The summed E-state index contributed by atoms with van der Waals surface area (Å²) in [5.41, 5.74) is 3.15. The zero-order chi connectivity index (χ0) is 18.3. The SMILES string of the molecule is C[C@]1(c2ccccc2)NC(=O)N(NC(=O)c2cc3c(s2)CCCC3)C1=O. The molecule has 2 aliphatic rings. The molecule has 1 aromatic carbocycles. The largest absolute Gasteiger partial charge is 0.344 e. The Morgan fingerprint density at radius 1 is 1.19 bits per heavy atom. The second-order valence-electron chi connectivity index (χ2n) is 6.77. The molecule has 0 radical (unpaired) electrons. The average molecular weight is 369 g/mol. The van der Waals surface area contributed by atoms with Gasteiger partial charge in [0.25, 0.3) is 11.8 Å². The zero-order valence-corrected chi connectivity index (χ0v) is 15.2. The van der Waals surface area contributed by atoms with Crippen LogP contribution in [0.5, 0.6) is 0 Å². The highest BCUT2D eigenvalue weighted by Gasteiger charge is 2.50. The highest BCUT2D eigenvalue weighted by Crippen LogP contribution is 2.31. The summed E-state index contributed by atoms with van der Waals surface area (Å²) in [7, 11) is 0. The maximum absolute atomic E-state index is 12.8. The van der Waals surface area contributed by atoms with Crippen LogP contribution in [0.1, 0.15) is 45.4 Å². The van der Waals surface area contributed by atoms with Crippen LogP contribution in [0.15, 0.2) is 36.4 Å². The van der Waals surface area contributed by atoms with E-state index in [9.17, 15) is 14.4 Å². The van der Waals surface area contributed by atoms with Crippen LogP contribution in [0.3, 0.4) is 0 Å². The number of carbonyl (C=O) groups excluding carboxylic acids is 3. The van der Waals surface area contributed by atoms with E-state index in [1.807, 2.05) is 12.1 Å². The Bertz CT molecular complexity index is 869. The standard InChI is InChI=1S/C19H19N3O3S/c1-19(13-8-3-2-4-9-13)17(24)22(18(25)20-19)21-16(23)15-11-12-7-5-6-10-14(12)26-15/h2-4,8-9,11H,5-7,10H2,1H3,(H,20,25)(H,21,23)/t19-/m1/s1. The Labute approximate surface area is 155 Å². The van der Waals surface area contributed by atoms with Crippen molar-refractivity contribution >= 4 is 29.2 Å². The van der Waals surface area contributed by atoms with Crippen molar-refractivity contribution in [3.8, 4) is 0 Å². The number of hydrogen-bond donors (Lipinski definition) is 2. The Balaban J connectivity index is 1.55. The van der Waals surface area contributed by atoms with Crippen LogP contribution in [0.4, 0.5) is 4.79 Å². The number of aryl methyl sites for hydroxylation is 2. The molecule has 0 unspecified atom stereocenters. The zero-order valence-electron chi connectivity index (χ0n) is 14.4. The molecule has 26 heavy (non-hydrogen) atoms. The van der Waals surface area contributed by atoms with Gasteiger partial charge in [-0.25, -0.2) is 4.79 Å². The third-order valence-corrected chi connectivity index (χ3v) is 6.21. The molecule has 4 rings (SSSR count). The van der Waals surface area contributed by atoms with Gasteiger partial charge in [-0.05, 0) is 49.8 Å². The number of fused-ring (bicyclic) bond motifs is 1. The third kappa shape index (κ3) is 2.68. The summed E-state index contributed by atoms with van der Waals surface area (Å²) in [6.07, 6.45) is 4.24. The van der Waals surface area contributed by atoms with Crippen molar-refractivity contribution in [2.45, 2.75) is 38.1 Å². The molecule has 1 fully saturated rings. The second kappa shape index (κ2) is 6.25. The Hall–Kier alpha value is -2.67. The molecule has 1 atom stereocenters. The van der Waals surface area contributed by atoms with E-state index in [0.717, 1.165) is 30.7 Å². The fourth-order valence-electron chi connectivity index (χ4n) is 3.47. The fraction of sp³-hybridized carbons (Fsp3) is 0.316. The summed E-state index contributed by atoms with van der Waals surface area (Å²) in [5, 5.41) is 3.46. The van der Waals surface area contributed by atoms with E-state index in [2.05, 4.69) is 10.7 Å². The predicted octanol–water partition coefficient (Wildman–Crippen LogP) is 2.74. The van der Waals surface area contributed by atoms with Crippen molar-refractivity contribution in [1.29, 1.82) is 0 Å². The van der Waals surface area contributed by atoms with Crippen LogP contribution < -0.4 is 10.7 Å². The van der Waals surface area contributed by atoms with Crippen LogP contribution in [0.2, 0.25) is 0 Å². The van der Waals surface area contributed by atoms with Gasteiger partial charge in [0.1, 0.15) is 5.54 Å². The molecule has 0 bridgehead atoms. The maximum Gasteiger partial charge on any atom is 0.344 e. The summed E-state index contributed by atoms with van der Waals surface area (Å²) in [6, 6.07) is 10.2. The fourth-order valence-corrected chi connectivity index (χ4v) is 4.61. The predicted molar refractivity (Wildman–Crippen MR) is 97.6 cm³/mol. The molecule has 1 saturated heterocycles. The van der Waals surface area contributed by atoms with Gasteiger partial charge >= 0.3 is 6.03 Å². The van der Waals surface area contributed by atoms with Gasteiger partial charge in [0, 0.05) is 4.88 Å². The van der Waals surface area contributed by atoms with E-state index < -0.39 is 23.4 Å². The highest BCUT2D eigenvalue weighted by atomic mass is 32.1. The lowest BCUT2D eigenvalue weighted by Gasteiger charge is -2.21. The summed E-state index contributed by atoms with van der Waals surface area (Å²) in [5.74, 6) is -0.923. The van der Waals surface area contributed by atoms with Gasteiger partial charge in [0.05, 0.1) is 4.88 Å². The number of amides is 4. The lowest BCUT2D eigenvalue weighted by Crippen LogP contribution is -2.47.